The number of anilines is 1. The van der Waals surface area contributed by atoms with Gasteiger partial charge in [-0.25, -0.2) is 4.79 Å². The summed E-state index contributed by atoms with van der Waals surface area (Å²) in [5, 5.41) is 5.39. The number of hydrogen-bond donors (Lipinski definition) is 2. The molecule has 134 valence electrons. The Hall–Kier alpha value is -2.37. The van der Waals surface area contributed by atoms with Crippen LogP contribution in [0.25, 0.3) is 0 Å². The van der Waals surface area contributed by atoms with Crippen molar-refractivity contribution in [1.82, 2.24) is 5.32 Å². The Morgan fingerprint density at radius 2 is 1.80 bits per heavy atom. The maximum atomic E-state index is 12.1. The lowest BCUT2D eigenvalue weighted by Gasteiger charge is -2.28. The molecule has 3 rings (SSSR count). The van der Waals surface area contributed by atoms with Gasteiger partial charge in [0.05, 0.1) is 12.7 Å². The van der Waals surface area contributed by atoms with Crippen molar-refractivity contribution in [2.24, 2.45) is 17.8 Å². The highest BCUT2D eigenvalue weighted by Crippen LogP contribution is 2.49. The number of fused-ring (bicyclic) bond motifs is 2. The van der Waals surface area contributed by atoms with Gasteiger partial charge >= 0.3 is 17.8 Å². The summed E-state index contributed by atoms with van der Waals surface area (Å²) in [4.78, 5) is 35.6. The molecule has 0 heterocycles. The number of ether oxygens (including phenoxy) is 1. The van der Waals surface area contributed by atoms with Gasteiger partial charge in [0, 0.05) is 11.7 Å². The number of hydrogen-bond acceptors (Lipinski definition) is 4. The van der Waals surface area contributed by atoms with E-state index in [9.17, 15) is 14.4 Å². The van der Waals surface area contributed by atoms with Gasteiger partial charge < -0.3 is 15.4 Å². The fraction of sp³-hybridized carbons (Fsp3) is 0.526. The molecule has 2 aliphatic carbocycles. The van der Waals surface area contributed by atoms with Crippen LogP contribution in [0, 0.1) is 17.8 Å². The van der Waals surface area contributed by atoms with Crippen LogP contribution in [0.2, 0.25) is 0 Å². The molecule has 0 spiro atoms. The summed E-state index contributed by atoms with van der Waals surface area (Å²) in [6.07, 6.45) is 4.98. The Labute approximate surface area is 147 Å². The third-order valence-electron chi connectivity index (χ3n) is 5.56. The molecular formula is C19H24N2O4. The van der Waals surface area contributed by atoms with Crippen molar-refractivity contribution in [2.45, 2.75) is 38.6 Å². The van der Waals surface area contributed by atoms with Crippen molar-refractivity contribution in [3.8, 4) is 0 Å². The molecule has 2 fully saturated rings. The zero-order valence-corrected chi connectivity index (χ0v) is 14.6. The summed E-state index contributed by atoms with van der Waals surface area (Å²) < 4.78 is 4.62. The highest BCUT2D eigenvalue weighted by Gasteiger charge is 2.42. The fourth-order valence-electron chi connectivity index (χ4n) is 4.28. The van der Waals surface area contributed by atoms with Crippen molar-refractivity contribution >= 4 is 23.5 Å². The average molecular weight is 344 g/mol. The molecule has 0 radical (unpaired) electrons. The zero-order chi connectivity index (χ0) is 18.0. The van der Waals surface area contributed by atoms with Gasteiger partial charge in [0.1, 0.15) is 0 Å². The van der Waals surface area contributed by atoms with E-state index in [0.717, 1.165) is 12.3 Å². The standard InChI is InChI=1S/C19H24N2O4/c1-11(16-10-12-3-4-14(16)9-12)20-17(22)18(23)21-15-7-5-13(6-8-15)19(24)25-2/h5-8,11-12,14,16H,3-4,9-10H2,1-2H3,(H,20,22)(H,21,23). The van der Waals surface area contributed by atoms with Crippen molar-refractivity contribution in [3.63, 3.8) is 0 Å². The first kappa shape index (κ1) is 17.5. The van der Waals surface area contributed by atoms with Gasteiger partial charge in [0.25, 0.3) is 0 Å². The molecule has 2 saturated carbocycles. The third-order valence-corrected chi connectivity index (χ3v) is 5.56. The third kappa shape index (κ3) is 3.83. The van der Waals surface area contributed by atoms with Crippen LogP contribution < -0.4 is 10.6 Å². The lowest BCUT2D eigenvalue weighted by atomic mass is 9.84. The van der Waals surface area contributed by atoms with E-state index in [1.165, 1.54) is 38.5 Å². The number of carbonyl (C=O) groups is 3. The van der Waals surface area contributed by atoms with Crippen LogP contribution >= 0.6 is 0 Å². The zero-order valence-electron chi connectivity index (χ0n) is 14.6. The molecule has 0 saturated heterocycles. The highest BCUT2D eigenvalue weighted by atomic mass is 16.5. The maximum absolute atomic E-state index is 12.1. The molecule has 6 heteroatoms. The van der Waals surface area contributed by atoms with E-state index in [0.29, 0.717) is 23.1 Å². The van der Waals surface area contributed by atoms with Gasteiger partial charge in [0.2, 0.25) is 0 Å². The average Bonchev–Trinajstić information content (AvgIpc) is 3.25. The smallest absolute Gasteiger partial charge is 0.337 e. The monoisotopic (exact) mass is 344 g/mol. The summed E-state index contributed by atoms with van der Waals surface area (Å²) in [7, 11) is 1.31. The second kappa shape index (κ2) is 7.25. The van der Waals surface area contributed by atoms with Crippen LogP contribution in [0.3, 0.4) is 0 Å². The van der Waals surface area contributed by atoms with E-state index in [2.05, 4.69) is 15.4 Å². The van der Waals surface area contributed by atoms with E-state index < -0.39 is 17.8 Å². The minimum Gasteiger partial charge on any atom is -0.465 e. The summed E-state index contributed by atoms with van der Waals surface area (Å²) in [5.74, 6) is 0.212. The Bertz CT molecular complexity index is 671. The topological polar surface area (TPSA) is 84.5 Å². The Morgan fingerprint density at radius 1 is 1.08 bits per heavy atom. The second-order valence-electron chi connectivity index (χ2n) is 7.12. The van der Waals surface area contributed by atoms with Crippen molar-refractivity contribution in [3.05, 3.63) is 29.8 Å². The van der Waals surface area contributed by atoms with Gasteiger partial charge in [-0.3, -0.25) is 9.59 Å². The van der Waals surface area contributed by atoms with Crippen molar-refractivity contribution in [1.29, 1.82) is 0 Å². The molecule has 0 aliphatic heterocycles. The summed E-state index contributed by atoms with van der Waals surface area (Å²) in [5.41, 5.74) is 0.843. The number of carbonyl (C=O) groups excluding carboxylic acids is 3. The van der Waals surface area contributed by atoms with Gasteiger partial charge in [0.15, 0.2) is 0 Å². The molecule has 1 aromatic rings. The number of amides is 2. The molecule has 2 bridgehead atoms. The fourth-order valence-corrected chi connectivity index (χ4v) is 4.28. The molecule has 1 aromatic carbocycles. The Kier molecular flexibility index (Phi) is 5.06. The van der Waals surface area contributed by atoms with Crippen LogP contribution in [-0.4, -0.2) is 30.9 Å². The first-order chi connectivity index (χ1) is 12.0. The van der Waals surface area contributed by atoms with E-state index >= 15 is 0 Å². The van der Waals surface area contributed by atoms with Crippen LogP contribution in [0.5, 0.6) is 0 Å². The van der Waals surface area contributed by atoms with E-state index in [4.69, 9.17) is 0 Å². The van der Waals surface area contributed by atoms with Crippen LogP contribution in [0.15, 0.2) is 24.3 Å². The Balaban J connectivity index is 1.52. The number of esters is 1. The number of nitrogens with one attached hydrogen (secondary N) is 2. The van der Waals surface area contributed by atoms with E-state index in [-0.39, 0.29) is 6.04 Å². The van der Waals surface area contributed by atoms with E-state index in [1.54, 1.807) is 12.1 Å². The SMILES string of the molecule is COC(=O)c1ccc(NC(=O)C(=O)NC(C)C2CC3CCC2C3)cc1. The molecule has 0 aromatic heterocycles. The predicted octanol–water partition coefficient (Wildman–Crippen LogP) is 2.35. The Morgan fingerprint density at radius 3 is 2.36 bits per heavy atom. The highest BCUT2D eigenvalue weighted by molar-refractivity contribution is 6.39. The molecule has 2 N–H and O–H groups in total. The molecule has 2 aliphatic rings. The quantitative estimate of drug-likeness (QED) is 0.649. The minimum absolute atomic E-state index is 0.00949. The van der Waals surface area contributed by atoms with Gasteiger partial charge in [-0.15, -0.1) is 0 Å². The first-order valence-corrected chi connectivity index (χ1v) is 8.78. The number of rotatable bonds is 4. The largest absolute Gasteiger partial charge is 0.465 e. The maximum Gasteiger partial charge on any atom is 0.337 e. The molecule has 25 heavy (non-hydrogen) atoms. The molecule has 4 unspecified atom stereocenters. The first-order valence-electron chi connectivity index (χ1n) is 8.78. The van der Waals surface area contributed by atoms with Gasteiger partial charge in [-0.05, 0) is 68.2 Å². The van der Waals surface area contributed by atoms with Crippen molar-refractivity contribution < 1.29 is 19.1 Å². The van der Waals surface area contributed by atoms with Gasteiger partial charge in [-0.2, -0.15) is 0 Å². The minimum atomic E-state index is -0.694. The van der Waals surface area contributed by atoms with Gasteiger partial charge in [-0.1, -0.05) is 6.42 Å². The van der Waals surface area contributed by atoms with Crippen LogP contribution in [0.4, 0.5) is 5.69 Å². The van der Waals surface area contributed by atoms with Crippen LogP contribution in [-0.2, 0) is 14.3 Å². The van der Waals surface area contributed by atoms with Crippen molar-refractivity contribution in [2.75, 3.05) is 12.4 Å². The molecule has 4 atom stereocenters. The van der Waals surface area contributed by atoms with E-state index in [1.807, 2.05) is 6.92 Å². The molecule has 2 amide bonds. The second-order valence-corrected chi connectivity index (χ2v) is 7.12. The lowest BCUT2D eigenvalue weighted by Crippen LogP contribution is -2.45. The number of methoxy groups -OCH3 is 1. The van der Waals surface area contributed by atoms with Crippen LogP contribution in [0.1, 0.15) is 43.0 Å². The summed E-state index contributed by atoms with van der Waals surface area (Å²) in [6.45, 7) is 1.99. The lowest BCUT2D eigenvalue weighted by molar-refractivity contribution is -0.136. The molecule has 6 nitrogen and oxygen atoms in total. The predicted molar refractivity (Wildman–Crippen MR) is 93.0 cm³/mol. The molecular weight excluding hydrogens is 320 g/mol. The normalized spacial score (nSPS) is 25.3. The number of benzene rings is 1. The summed E-state index contributed by atoms with van der Waals surface area (Å²) >= 11 is 0. The summed E-state index contributed by atoms with van der Waals surface area (Å²) in [6, 6.07) is 6.22.